The first-order valence-corrected chi connectivity index (χ1v) is 6.75. The normalized spacial score (nSPS) is 11.8. The van der Waals surface area contributed by atoms with Gasteiger partial charge in [0.2, 0.25) is 0 Å². The third-order valence-corrected chi connectivity index (χ3v) is 3.09. The highest BCUT2D eigenvalue weighted by Crippen LogP contribution is 2.14. The molecular weight excluding hydrogens is 248 g/mol. The molecule has 1 aromatic carbocycles. The van der Waals surface area contributed by atoms with Gasteiger partial charge in [0.15, 0.2) is 0 Å². The average Bonchev–Trinajstić information content (AvgIpc) is 2.52. The van der Waals surface area contributed by atoms with Gasteiger partial charge in [0.1, 0.15) is 12.4 Å². The first-order valence-electron chi connectivity index (χ1n) is 6.75. The molecule has 1 heterocycles. The van der Waals surface area contributed by atoms with Gasteiger partial charge in [-0.05, 0) is 36.2 Å². The summed E-state index contributed by atoms with van der Waals surface area (Å²) in [6.45, 7) is 7.12. The molecule has 3 nitrogen and oxygen atoms in total. The Morgan fingerprint density at radius 1 is 1.30 bits per heavy atom. The zero-order valence-electron chi connectivity index (χ0n) is 11.8. The molecule has 1 atom stereocenters. The Morgan fingerprint density at radius 3 is 2.75 bits per heavy atom. The maximum Gasteiger partial charge on any atom is 0.119 e. The molecule has 0 unspecified atom stereocenters. The fourth-order valence-corrected chi connectivity index (χ4v) is 1.88. The molecule has 1 aromatic heterocycles. The van der Waals surface area contributed by atoms with Gasteiger partial charge in [0.05, 0.1) is 0 Å². The Kier molecular flexibility index (Phi) is 5.33. The van der Waals surface area contributed by atoms with Gasteiger partial charge in [-0.2, -0.15) is 0 Å². The van der Waals surface area contributed by atoms with E-state index in [9.17, 15) is 0 Å². The Hall–Kier alpha value is -2.13. The van der Waals surface area contributed by atoms with Crippen LogP contribution in [-0.4, -0.2) is 11.6 Å². The van der Waals surface area contributed by atoms with E-state index in [2.05, 4.69) is 42.0 Å². The highest BCUT2D eigenvalue weighted by Gasteiger charge is 2.04. The average molecular weight is 268 g/mol. The molecule has 0 saturated carbocycles. The molecule has 0 spiro atoms. The van der Waals surface area contributed by atoms with Gasteiger partial charge in [-0.25, -0.2) is 0 Å². The van der Waals surface area contributed by atoms with Crippen LogP contribution in [0.4, 0.5) is 0 Å². The smallest absolute Gasteiger partial charge is 0.119 e. The van der Waals surface area contributed by atoms with E-state index in [1.165, 1.54) is 11.1 Å². The van der Waals surface area contributed by atoms with Crippen LogP contribution in [0.1, 0.15) is 24.1 Å². The number of benzene rings is 1. The molecule has 20 heavy (non-hydrogen) atoms. The lowest BCUT2D eigenvalue weighted by atomic mass is 10.1. The molecule has 0 saturated heterocycles. The van der Waals surface area contributed by atoms with Crippen LogP contribution < -0.4 is 10.1 Å². The largest absolute Gasteiger partial charge is 0.490 e. The number of aromatic nitrogens is 1. The summed E-state index contributed by atoms with van der Waals surface area (Å²) in [7, 11) is 0. The number of ether oxygens (including phenoxy) is 1. The van der Waals surface area contributed by atoms with E-state index in [4.69, 9.17) is 4.74 Å². The molecule has 0 radical (unpaired) electrons. The first-order chi connectivity index (χ1) is 9.79. The van der Waals surface area contributed by atoms with Crippen molar-refractivity contribution in [2.75, 3.05) is 6.61 Å². The van der Waals surface area contributed by atoms with E-state index < -0.39 is 0 Å². The van der Waals surface area contributed by atoms with Crippen molar-refractivity contribution in [3.8, 4) is 5.75 Å². The van der Waals surface area contributed by atoms with Crippen molar-refractivity contribution in [3.05, 3.63) is 72.6 Å². The molecule has 2 aromatic rings. The Bertz CT molecular complexity index is 522. The number of nitrogens with one attached hydrogen (secondary N) is 1. The number of hydrogen-bond acceptors (Lipinski definition) is 3. The van der Waals surface area contributed by atoms with E-state index in [0.717, 1.165) is 12.3 Å². The molecule has 0 fully saturated rings. The number of nitrogens with zero attached hydrogens (tertiary/aromatic N) is 1. The van der Waals surface area contributed by atoms with Crippen molar-refractivity contribution < 1.29 is 4.74 Å². The quantitative estimate of drug-likeness (QED) is 0.780. The lowest BCUT2D eigenvalue weighted by Crippen LogP contribution is -2.18. The first kappa shape index (κ1) is 14.3. The van der Waals surface area contributed by atoms with E-state index in [0.29, 0.717) is 6.61 Å². The van der Waals surface area contributed by atoms with Gasteiger partial charge in [0, 0.05) is 25.0 Å². The van der Waals surface area contributed by atoms with E-state index in [1.54, 1.807) is 12.3 Å². The molecular formula is C17H20N2O. The maximum absolute atomic E-state index is 5.46. The number of pyridine rings is 1. The third-order valence-electron chi connectivity index (χ3n) is 3.09. The van der Waals surface area contributed by atoms with Gasteiger partial charge in [0.25, 0.3) is 0 Å². The van der Waals surface area contributed by atoms with Crippen molar-refractivity contribution in [1.29, 1.82) is 0 Å². The molecule has 0 amide bonds. The van der Waals surface area contributed by atoms with Crippen LogP contribution in [0.15, 0.2) is 61.4 Å². The van der Waals surface area contributed by atoms with Crippen LogP contribution in [-0.2, 0) is 6.54 Å². The van der Waals surface area contributed by atoms with Gasteiger partial charge >= 0.3 is 0 Å². The van der Waals surface area contributed by atoms with Gasteiger partial charge in [-0.15, -0.1) is 0 Å². The second-order valence-electron chi connectivity index (χ2n) is 4.63. The maximum atomic E-state index is 5.46. The molecule has 0 aliphatic rings. The molecule has 2 rings (SSSR count). The fourth-order valence-electron chi connectivity index (χ4n) is 1.88. The summed E-state index contributed by atoms with van der Waals surface area (Å²) in [4.78, 5) is 4.14. The molecule has 104 valence electrons. The van der Waals surface area contributed by atoms with Crippen LogP contribution >= 0.6 is 0 Å². The fraction of sp³-hybridized carbons (Fsp3) is 0.235. The summed E-state index contributed by atoms with van der Waals surface area (Å²) in [6.07, 6.45) is 5.42. The lowest BCUT2D eigenvalue weighted by Gasteiger charge is -2.14. The van der Waals surface area contributed by atoms with Crippen molar-refractivity contribution in [2.24, 2.45) is 0 Å². The molecule has 0 bridgehead atoms. The van der Waals surface area contributed by atoms with Crippen molar-refractivity contribution in [1.82, 2.24) is 10.3 Å². The summed E-state index contributed by atoms with van der Waals surface area (Å²) in [5.74, 6) is 0.869. The van der Waals surface area contributed by atoms with Gasteiger partial charge in [-0.1, -0.05) is 30.9 Å². The second kappa shape index (κ2) is 7.46. The summed E-state index contributed by atoms with van der Waals surface area (Å²) in [5, 5.41) is 3.48. The minimum atomic E-state index is 0.278. The van der Waals surface area contributed by atoms with Crippen molar-refractivity contribution in [3.63, 3.8) is 0 Å². The highest BCUT2D eigenvalue weighted by atomic mass is 16.5. The van der Waals surface area contributed by atoms with Crippen LogP contribution in [0.25, 0.3) is 0 Å². The summed E-state index contributed by atoms with van der Waals surface area (Å²) in [6, 6.07) is 12.4. The van der Waals surface area contributed by atoms with E-state index in [-0.39, 0.29) is 6.04 Å². The number of hydrogen-bond donors (Lipinski definition) is 1. The van der Waals surface area contributed by atoms with E-state index in [1.807, 2.05) is 24.4 Å². The molecule has 0 aliphatic carbocycles. The third kappa shape index (κ3) is 4.21. The second-order valence-corrected chi connectivity index (χ2v) is 4.63. The zero-order chi connectivity index (χ0) is 14.2. The van der Waals surface area contributed by atoms with Crippen LogP contribution in [0, 0.1) is 0 Å². The van der Waals surface area contributed by atoms with Gasteiger partial charge in [-0.3, -0.25) is 4.98 Å². The van der Waals surface area contributed by atoms with Crippen molar-refractivity contribution in [2.45, 2.75) is 19.5 Å². The molecule has 3 heteroatoms. The lowest BCUT2D eigenvalue weighted by molar-refractivity contribution is 0.363. The number of rotatable bonds is 7. The Balaban J connectivity index is 1.86. The molecule has 1 N–H and O–H groups in total. The predicted octanol–water partition coefficient (Wildman–Crippen LogP) is 3.50. The summed E-state index contributed by atoms with van der Waals surface area (Å²) in [5.41, 5.74) is 2.42. The Labute approximate surface area is 120 Å². The monoisotopic (exact) mass is 268 g/mol. The highest BCUT2D eigenvalue weighted by molar-refractivity contribution is 5.27. The predicted molar refractivity (Wildman–Crippen MR) is 81.6 cm³/mol. The van der Waals surface area contributed by atoms with Crippen LogP contribution in [0.5, 0.6) is 5.75 Å². The zero-order valence-corrected chi connectivity index (χ0v) is 11.8. The van der Waals surface area contributed by atoms with Crippen molar-refractivity contribution >= 4 is 0 Å². The van der Waals surface area contributed by atoms with Gasteiger partial charge < -0.3 is 10.1 Å². The minimum Gasteiger partial charge on any atom is -0.490 e. The summed E-state index contributed by atoms with van der Waals surface area (Å²) < 4.78 is 5.46. The topological polar surface area (TPSA) is 34.1 Å². The van der Waals surface area contributed by atoms with Crippen LogP contribution in [0.3, 0.4) is 0 Å². The SMILES string of the molecule is C=CCOc1ccc(CN[C@H](C)c2cccnc2)cc1. The van der Waals surface area contributed by atoms with Crippen LogP contribution in [0.2, 0.25) is 0 Å². The minimum absolute atomic E-state index is 0.278. The van der Waals surface area contributed by atoms with E-state index >= 15 is 0 Å². The molecule has 0 aliphatic heterocycles. The summed E-state index contributed by atoms with van der Waals surface area (Å²) >= 11 is 0. The standard InChI is InChI=1S/C17H20N2O/c1-3-11-20-17-8-6-15(7-9-17)12-19-14(2)16-5-4-10-18-13-16/h3-10,13-14,19H,1,11-12H2,2H3/t14-/m1/s1. The Morgan fingerprint density at radius 2 is 2.10 bits per heavy atom.